The Morgan fingerprint density at radius 2 is 2.12 bits per heavy atom. The molecule has 0 atom stereocenters. The predicted molar refractivity (Wildman–Crippen MR) is 66.6 cm³/mol. The lowest BCUT2D eigenvalue weighted by Gasteiger charge is -2.03. The maximum Gasteiger partial charge on any atom is 0.348 e. The van der Waals surface area contributed by atoms with Crippen LogP contribution in [-0.4, -0.2) is 18.5 Å². The van der Waals surface area contributed by atoms with Crippen molar-refractivity contribution in [2.24, 2.45) is 0 Å². The topological polar surface area (TPSA) is 55.4 Å². The highest BCUT2D eigenvalue weighted by Gasteiger charge is 2.19. The Morgan fingerprint density at radius 3 is 2.62 bits per heavy atom. The molecule has 0 aliphatic carbocycles. The summed E-state index contributed by atoms with van der Waals surface area (Å²) in [5.41, 5.74) is 1.28. The van der Waals surface area contributed by atoms with Gasteiger partial charge in [0, 0.05) is 6.92 Å². The second kappa shape index (κ2) is 5.36. The van der Waals surface area contributed by atoms with Gasteiger partial charge in [0.15, 0.2) is 0 Å². The Kier molecular flexibility index (Phi) is 4.37. The van der Waals surface area contributed by atoms with E-state index in [0.717, 1.165) is 0 Å². The number of hydrogen-bond donors (Lipinski definition) is 2. The number of thiol groups is 1. The van der Waals surface area contributed by atoms with Gasteiger partial charge in [-0.1, -0.05) is 0 Å². The van der Waals surface area contributed by atoms with Crippen LogP contribution in [-0.2, 0) is 9.53 Å². The van der Waals surface area contributed by atoms with Crippen LogP contribution in [0.15, 0.2) is 4.21 Å². The van der Waals surface area contributed by atoms with Gasteiger partial charge < -0.3 is 10.1 Å². The fourth-order valence-electron chi connectivity index (χ4n) is 1.21. The van der Waals surface area contributed by atoms with Crippen molar-refractivity contribution in [2.75, 3.05) is 11.9 Å². The summed E-state index contributed by atoms with van der Waals surface area (Å²) in [6.07, 6.45) is 0. The van der Waals surface area contributed by atoms with Crippen molar-refractivity contribution >= 4 is 41.5 Å². The molecule has 0 fully saturated rings. The molecular weight excluding hydrogens is 246 g/mol. The number of thiophene rings is 1. The number of ether oxygens (including phenoxy) is 1. The third-order valence-electron chi connectivity index (χ3n) is 1.89. The molecule has 4 nitrogen and oxygen atoms in total. The average Bonchev–Trinajstić information content (AvgIpc) is 2.45. The maximum atomic E-state index is 11.6. The van der Waals surface area contributed by atoms with Crippen molar-refractivity contribution in [3.63, 3.8) is 0 Å². The molecule has 0 aliphatic heterocycles. The van der Waals surface area contributed by atoms with Gasteiger partial charge in [0.25, 0.3) is 0 Å². The van der Waals surface area contributed by atoms with E-state index in [1.807, 2.05) is 0 Å². The molecule has 0 bridgehead atoms. The van der Waals surface area contributed by atoms with Gasteiger partial charge in [0.1, 0.15) is 4.88 Å². The monoisotopic (exact) mass is 259 g/mol. The second-order valence-corrected chi connectivity index (χ2v) is 4.91. The van der Waals surface area contributed by atoms with Crippen LogP contribution in [0.1, 0.15) is 29.1 Å². The van der Waals surface area contributed by atoms with E-state index in [0.29, 0.717) is 26.9 Å². The number of nitrogens with one attached hydrogen (secondary N) is 1. The fourth-order valence-corrected chi connectivity index (χ4v) is 2.61. The average molecular weight is 259 g/mol. The second-order valence-electron chi connectivity index (χ2n) is 3.14. The lowest BCUT2D eigenvalue weighted by Crippen LogP contribution is -2.08. The van der Waals surface area contributed by atoms with E-state index in [9.17, 15) is 9.59 Å². The molecule has 88 valence electrons. The molecule has 0 radical (unpaired) electrons. The predicted octanol–water partition coefficient (Wildman–Crippen LogP) is 2.48. The number of rotatable bonds is 3. The highest BCUT2D eigenvalue weighted by Crippen LogP contribution is 2.35. The molecule has 1 amide bonds. The summed E-state index contributed by atoms with van der Waals surface area (Å²) < 4.78 is 5.51. The van der Waals surface area contributed by atoms with Crippen molar-refractivity contribution < 1.29 is 14.3 Å². The SMILES string of the molecule is CCOC(=O)c1sc(S)c(NC(C)=O)c1C. The lowest BCUT2D eigenvalue weighted by molar-refractivity contribution is -0.114. The van der Waals surface area contributed by atoms with Gasteiger partial charge in [-0.05, 0) is 19.4 Å². The van der Waals surface area contributed by atoms with E-state index in [1.54, 1.807) is 13.8 Å². The van der Waals surface area contributed by atoms with E-state index < -0.39 is 0 Å². The van der Waals surface area contributed by atoms with Crippen molar-refractivity contribution in [3.05, 3.63) is 10.4 Å². The third-order valence-corrected chi connectivity index (χ3v) is 3.46. The van der Waals surface area contributed by atoms with Crippen LogP contribution in [0.4, 0.5) is 5.69 Å². The summed E-state index contributed by atoms with van der Waals surface area (Å²) >= 11 is 5.43. The molecule has 1 aromatic heterocycles. The molecule has 6 heteroatoms. The largest absolute Gasteiger partial charge is 0.462 e. The smallest absolute Gasteiger partial charge is 0.348 e. The minimum Gasteiger partial charge on any atom is -0.462 e. The van der Waals surface area contributed by atoms with Gasteiger partial charge in [-0.2, -0.15) is 0 Å². The quantitative estimate of drug-likeness (QED) is 0.647. The van der Waals surface area contributed by atoms with Crippen LogP contribution in [0.2, 0.25) is 0 Å². The molecule has 1 heterocycles. The summed E-state index contributed by atoms with van der Waals surface area (Å²) in [6, 6.07) is 0. The first-order valence-electron chi connectivity index (χ1n) is 4.74. The Hall–Kier alpha value is -1.01. The first-order chi connectivity index (χ1) is 7.47. The number of hydrogen-bond acceptors (Lipinski definition) is 5. The van der Waals surface area contributed by atoms with Gasteiger partial charge in [-0.15, -0.1) is 24.0 Å². The standard InChI is InChI=1S/C10H13NO3S2/c1-4-14-9(13)8-5(2)7(10(15)16-8)11-6(3)12/h15H,4H2,1-3H3,(H,11,12). The van der Waals surface area contributed by atoms with Crippen LogP contribution in [0.3, 0.4) is 0 Å². The first kappa shape index (κ1) is 13.1. The van der Waals surface area contributed by atoms with Crippen molar-refractivity contribution in [2.45, 2.75) is 25.0 Å². The minimum atomic E-state index is -0.378. The highest BCUT2D eigenvalue weighted by molar-refractivity contribution is 7.83. The molecule has 0 aliphatic rings. The molecule has 0 saturated heterocycles. The van der Waals surface area contributed by atoms with Crippen LogP contribution < -0.4 is 5.32 Å². The Balaban J connectivity index is 3.06. The van der Waals surface area contributed by atoms with Gasteiger partial charge >= 0.3 is 5.97 Å². The van der Waals surface area contributed by atoms with Crippen molar-refractivity contribution in [1.82, 2.24) is 0 Å². The zero-order chi connectivity index (χ0) is 12.3. The molecule has 1 aromatic rings. The fraction of sp³-hybridized carbons (Fsp3) is 0.400. The Morgan fingerprint density at radius 1 is 1.50 bits per heavy atom. The normalized spacial score (nSPS) is 10.0. The summed E-state index contributed by atoms with van der Waals surface area (Å²) in [7, 11) is 0. The Bertz CT molecular complexity index is 426. The number of carbonyl (C=O) groups excluding carboxylic acids is 2. The molecule has 1 rings (SSSR count). The van der Waals surface area contributed by atoms with Gasteiger partial charge in [-0.3, -0.25) is 4.79 Å². The Labute approximate surface area is 103 Å². The van der Waals surface area contributed by atoms with E-state index in [1.165, 1.54) is 18.3 Å². The molecule has 1 N–H and O–H groups in total. The molecule has 0 aromatic carbocycles. The number of carbonyl (C=O) groups is 2. The van der Waals surface area contributed by atoms with Crippen molar-refractivity contribution in [3.8, 4) is 0 Å². The number of esters is 1. The van der Waals surface area contributed by atoms with Gasteiger partial charge in [0.05, 0.1) is 16.5 Å². The van der Waals surface area contributed by atoms with Gasteiger partial charge in [0.2, 0.25) is 5.91 Å². The molecule has 0 saturated carbocycles. The van der Waals surface area contributed by atoms with E-state index in [-0.39, 0.29) is 11.9 Å². The van der Waals surface area contributed by atoms with Crippen LogP contribution >= 0.6 is 24.0 Å². The number of amides is 1. The highest BCUT2D eigenvalue weighted by atomic mass is 32.2. The number of anilines is 1. The van der Waals surface area contributed by atoms with Crippen LogP contribution in [0.5, 0.6) is 0 Å². The molecular formula is C10H13NO3S2. The molecule has 16 heavy (non-hydrogen) atoms. The minimum absolute atomic E-state index is 0.188. The van der Waals surface area contributed by atoms with Crippen LogP contribution in [0, 0.1) is 6.92 Å². The van der Waals surface area contributed by atoms with Gasteiger partial charge in [-0.25, -0.2) is 4.79 Å². The summed E-state index contributed by atoms with van der Waals surface area (Å²) in [5.74, 6) is -0.566. The third kappa shape index (κ3) is 2.76. The zero-order valence-electron chi connectivity index (χ0n) is 9.29. The summed E-state index contributed by atoms with van der Waals surface area (Å²) in [5, 5.41) is 2.65. The zero-order valence-corrected chi connectivity index (χ0v) is 11.0. The van der Waals surface area contributed by atoms with E-state index >= 15 is 0 Å². The lowest BCUT2D eigenvalue weighted by atomic mass is 10.2. The van der Waals surface area contributed by atoms with Crippen molar-refractivity contribution in [1.29, 1.82) is 0 Å². The van der Waals surface area contributed by atoms with Crippen LogP contribution in [0.25, 0.3) is 0 Å². The molecule has 0 unspecified atom stereocenters. The summed E-state index contributed by atoms with van der Waals surface area (Å²) in [6.45, 7) is 5.24. The van der Waals surface area contributed by atoms with E-state index in [4.69, 9.17) is 4.74 Å². The molecule has 0 spiro atoms. The van der Waals surface area contributed by atoms with E-state index in [2.05, 4.69) is 17.9 Å². The summed E-state index contributed by atoms with van der Waals surface area (Å²) in [4.78, 5) is 23.0. The first-order valence-corrected chi connectivity index (χ1v) is 6.00. The maximum absolute atomic E-state index is 11.6.